The lowest BCUT2D eigenvalue weighted by Crippen LogP contribution is -2.11. The molecule has 0 atom stereocenters. The third kappa shape index (κ3) is 3.52. The zero-order valence-electron chi connectivity index (χ0n) is 10.7. The van der Waals surface area contributed by atoms with E-state index in [-0.39, 0.29) is 14.9 Å². The van der Waals surface area contributed by atoms with Crippen molar-refractivity contribution in [3.63, 3.8) is 0 Å². The standard InChI is InChI=1S/C11H10BrN3O4S2/c1-13-11-9(15(16)17)6-10(20-11)21(18,19)14-8-4-2-7(12)3-5-8/h2-6,13-14H,1H3. The van der Waals surface area contributed by atoms with Crippen molar-refractivity contribution in [3.8, 4) is 0 Å². The molecular formula is C11H10BrN3O4S2. The second-order valence-corrected chi connectivity index (χ2v) is 7.78. The number of nitro groups is 1. The number of hydrogen-bond donors (Lipinski definition) is 2. The van der Waals surface area contributed by atoms with Gasteiger partial charge in [-0.2, -0.15) is 0 Å². The van der Waals surface area contributed by atoms with Crippen LogP contribution in [0.5, 0.6) is 0 Å². The summed E-state index contributed by atoms with van der Waals surface area (Å²) in [6, 6.07) is 7.59. The van der Waals surface area contributed by atoms with Crippen molar-refractivity contribution in [3.05, 3.63) is 44.9 Å². The van der Waals surface area contributed by atoms with Gasteiger partial charge in [-0.15, -0.1) is 0 Å². The van der Waals surface area contributed by atoms with Gasteiger partial charge in [0.1, 0.15) is 4.21 Å². The number of rotatable bonds is 5. The zero-order valence-corrected chi connectivity index (χ0v) is 13.9. The van der Waals surface area contributed by atoms with E-state index in [0.29, 0.717) is 5.69 Å². The predicted octanol–water partition coefficient (Wildman–Crippen LogP) is 3.26. The van der Waals surface area contributed by atoms with E-state index in [1.165, 1.54) is 7.05 Å². The van der Waals surface area contributed by atoms with Gasteiger partial charge >= 0.3 is 5.69 Å². The molecule has 10 heteroatoms. The molecule has 0 aliphatic heterocycles. The van der Waals surface area contributed by atoms with Crippen LogP contribution in [-0.4, -0.2) is 20.4 Å². The topological polar surface area (TPSA) is 101 Å². The maximum absolute atomic E-state index is 12.2. The fraction of sp³-hybridized carbons (Fsp3) is 0.0909. The third-order valence-electron chi connectivity index (χ3n) is 2.47. The molecule has 112 valence electrons. The Balaban J connectivity index is 2.35. The van der Waals surface area contributed by atoms with E-state index in [0.717, 1.165) is 21.9 Å². The summed E-state index contributed by atoms with van der Waals surface area (Å²) >= 11 is 4.05. The average molecular weight is 392 g/mol. The quantitative estimate of drug-likeness (QED) is 0.601. The summed E-state index contributed by atoms with van der Waals surface area (Å²) in [4.78, 5) is 10.2. The van der Waals surface area contributed by atoms with Crippen LogP contribution >= 0.6 is 27.3 Å². The van der Waals surface area contributed by atoms with Crippen molar-refractivity contribution in [2.75, 3.05) is 17.1 Å². The van der Waals surface area contributed by atoms with Gasteiger partial charge in [0.2, 0.25) is 0 Å². The van der Waals surface area contributed by atoms with Crippen molar-refractivity contribution in [1.82, 2.24) is 0 Å². The first-order valence-corrected chi connectivity index (χ1v) is 8.67. The molecule has 0 saturated heterocycles. The van der Waals surface area contributed by atoms with Gasteiger partial charge < -0.3 is 5.32 Å². The number of sulfonamides is 1. The largest absolute Gasteiger partial charge is 0.374 e. The first kappa shape index (κ1) is 15.7. The van der Waals surface area contributed by atoms with Crippen LogP contribution in [0.15, 0.2) is 39.0 Å². The minimum Gasteiger partial charge on any atom is -0.374 e. The summed E-state index contributed by atoms with van der Waals surface area (Å²) in [5.74, 6) is 0. The number of thiophene rings is 1. The third-order valence-corrected chi connectivity index (χ3v) is 6.00. The molecule has 2 aromatic rings. The molecule has 1 aromatic heterocycles. The van der Waals surface area contributed by atoms with E-state index in [4.69, 9.17) is 0 Å². The Hall–Kier alpha value is -1.65. The van der Waals surface area contributed by atoms with Crippen LogP contribution in [0.2, 0.25) is 0 Å². The molecule has 0 radical (unpaired) electrons. The second kappa shape index (κ2) is 6.00. The Bertz CT molecular complexity index is 771. The highest BCUT2D eigenvalue weighted by atomic mass is 79.9. The average Bonchev–Trinajstić information content (AvgIpc) is 2.86. The Labute approximate surface area is 133 Å². The summed E-state index contributed by atoms with van der Waals surface area (Å²) in [6.45, 7) is 0. The molecular weight excluding hydrogens is 382 g/mol. The van der Waals surface area contributed by atoms with Gasteiger partial charge in [0.05, 0.1) is 4.92 Å². The molecule has 0 aliphatic rings. The van der Waals surface area contributed by atoms with Gasteiger partial charge in [-0.25, -0.2) is 8.42 Å². The molecule has 1 heterocycles. The molecule has 0 fully saturated rings. The van der Waals surface area contributed by atoms with Gasteiger partial charge in [0, 0.05) is 23.3 Å². The molecule has 2 N–H and O–H groups in total. The van der Waals surface area contributed by atoms with Crippen molar-refractivity contribution < 1.29 is 13.3 Å². The smallest absolute Gasteiger partial charge is 0.304 e. The lowest BCUT2D eigenvalue weighted by atomic mass is 10.3. The number of benzene rings is 1. The predicted molar refractivity (Wildman–Crippen MR) is 85.5 cm³/mol. The summed E-state index contributed by atoms with van der Waals surface area (Å²) in [6.07, 6.45) is 0. The van der Waals surface area contributed by atoms with Crippen LogP contribution in [0.4, 0.5) is 16.4 Å². The van der Waals surface area contributed by atoms with Crippen LogP contribution in [0.25, 0.3) is 0 Å². The summed E-state index contributed by atoms with van der Waals surface area (Å²) in [5.41, 5.74) is 0.110. The van der Waals surface area contributed by atoms with Crippen molar-refractivity contribution in [1.29, 1.82) is 0 Å². The van der Waals surface area contributed by atoms with Gasteiger partial charge in [0.25, 0.3) is 10.0 Å². The van der Waals surface area contributed by atoms with Crippen molar-refractivity contribution in [2.24, 2.45) is 0 Å². The molecule has 1 aromatic carbocycles. The van der Waals surface area contributed by atoms with E-state index in [2.05, 4.69) is 26.0 Å². The molecule has 0 unspecified atom stereocenters. The minimum absolute atomic E-state index is 0.124. The fourth-order valence-electron chi connectivity index (χ4n) is 1.53. The summed E-state index contributed by atoms with van der Waals surface area (Å²) < 4.78 is 27.5. The van der Waals surface area contributed by atoms with Crippen LogP contribution in [0, 0.1) is 10.1 Å². The van der Waals surface area contributed by atoms with Gasteiger partial charge in [-0.1, -0.05) is 27.3 Å². The zero-order chi connectivity index (χ0) is 15.6. The van der Waals surface area contributed by atoms with Crippen LogP contribution in [-0.2, 0) is 10.0 Å². The number of nitrogens with one attached hydrogen (secondary N) is 2. The molecule has 0 spiro atoms. The first-order valence-electron chi connectivity index (χ1n) is 5.58. The molecule has 2 rings (SSSR count). The number of nitrogens with zero attached hydrogens (tertiary/aromatic N) is 1. The highest BCUT2D eigenvalue weighted by molar-refractivity contribution is 9.10. The monoisotopic (exact) mass is 391 g/mol. The van der Waals surface area contributed by atoms with Crippen molar-refractivity contribution in [2.45, 2.75) is 4.21 Å². The van der Waals surface area contributed by atoms with E-state index in [9.17, 15) is 18.5 Å². The van der Waals surface area contributed by atoms with Crippen LogP contribution in [0.1, 0.15) is 0 Å². The second-order valence-electron chi connectivity index (χ2n) is 3.90. The maximum Gasteiger partial charge on any atom is 0.304 e. The normalized spacial score (nSPS) is 11.1. The summed E-state index contributed by atoms with van der Waals surface area (Å²) in [5, 5.41) is 13.7. The molecule has 7 nitrogen and oxygen atoms in total. The number of halogens is 1. The van der Waals surface area contributed by atoms with E-state index in [1.54, 1.807) is 24.3 Å². The highest BCUT2D eigenvalue weighted by Gasteiger charge is 2.25. The number of hydrogen-bond acceptors (Lipinski definition) is 6. The minimum atomic E-state index is -3.86. The lowest BCUT2D eigenvalue weighted by Gasteiger charge is -2.05. The molecule has 21 heavy (non-hydrogen) atoms. The summed E-state index contributed by atoms with van der Waals surface area (Å²) in [7, 11) is -2.37. The fourth-order valence-corrected chi connectivity index (χ4v) is 4.13. The van der Waals surface area contributed by atoms with Crippen molar-refractivity contribution >= 4 is 53.7 Å². The van der Waals surface area contributed by atoms with Crippen LogP contribution < -0.4 is 10.0 Å². The van der Waals surface area contributed by atoms with Gasteiger partial charge in [0.15, 0.2) is 5.00 Å². The molecule has 0 bridgehead atoms. The van der Waals surface area contributed by atoms with Gasteiger partial charge in [-0.3, -0.25) is 14.8 Å². The Morgan fingerprint density at radius 1 is 1.29 bits per heavy atom. The maximum atomic E-state index is 12.2. The Morgan fingerprint density at radius 3 is 2.38 bits per heavy atom. The van der Waals surface area contributed by atoms with E-state index < -0.39 is 14.9 Å². The lowest BCUT2D eigenvalue weighted by molar-refractivity contribution is -0.383. The molecule has 0 saturated carbocycles. The SMILES string of the molecule is CNc1sc(S(=O)(=O)Nc2ccc(Br)cc2)cc1[N+](=O)[O-]. The highest BCUT2D eigenvalue weighted by Crippen LogP contribution is 2.37. The van der Waals surface area contributed by atoms with Gasteiger partial charge in [-0.05, 0) is 24.3 Å². The Morgan fingerprint density at radius 2 is 1.90 bits per heavy atom. The number of anilines is 2. The first-order chi connectivity index (χ1) is 9.83. The van der Waals surface area contributed by atoms with Crippen LogP contribution in [0.3, 0.4) is 0 Å². The van der Waals surface area contributed by atoms with E-state index >= 15 is 0 Å². The molecule has 0 aliphatic carbocycles. The van der Waals surface area contributed by atoms with E-state index in [1.807, 2.05) is 0 Å². The molecule has 0 amide bonds. The Kier molecular flexibility index (Phi) is 4.49.